The number of rotatable bonds is 3. The maximum atomic E-state index is 5.75. The molecule has 1 aromatic heterocycles. The van der Waals surface area contributed by atoms with Gasteiger partial charge >= 0.3 is 0 Å². The lowest BCUT2D eigenvalue weighted by Crippen LogP contribution is -2.30. The van der Waals surface area contributed by atoms with Crippen LogP contribution in [0.2, 0.25) is 0 Å². The summed E-state index contributed by atoms with van der Waals surface area (Å²) >= 11 is 1.96. The van der Waals surface area contributed by atoms with Gasteiger partial charge in [-0.2, -0.15) is 0 Å². The fourth-order valence-electron chi connectivity index (χ4n) is 4.90. The Hall–Kier alpha value is -1.55. The quantitative estimate of drug-likeness (QED) is 0.799. The fraction of sp³-hybridized carbons (Fsp3) is 0.545. The average molecular weight is 369 g/mol. The minimum Gasteiger partial charge on any atom is -0.495 e. The number of benzene rings is 1. The van der Waals surface area contributed by atoms with Crippen molar-refractivity contribution in [2.24, 2.45) is 0 Å². The molecular formula is C22H28N2OS. The number of nitrogens with zero attached hydrogens (tertiary/aromatic N) is 1. The van der Waals surface area contributed by atoms with Crippen molar-refractivity contribution in [3.63, 3.8) is 0 Å². The van der Waals surface area contributed by atoms with E-state index in [1.807, 2.05) is 11.8 Å². The SMILES string of the molecule is COc1cc2c(cc1N1CCc3[nH]c(C4CCCCC4)cc3C1)CCS2. The molecule has 1 aliphatic carbocycles. The minimum atomic E-state index is 0.759. The second-order valence-corrected chi connectivity index (χ2v) is 9.10. The highest BCUT2D eigenvalue weighted by molar-refractivity contribution is 7.99. The third-order valence-corrected chi connectivity index (χ3v) is 7.48. The number of ether oxygens (including phenoxy) is 1. The number of H-pyrrole nitrogens is 1. The van der Waals surface area contributed by atoms with Crippen molar-refractivity contribution in [3.05, 3.63) is 40.7 Å². The van der Waals surface area contributed by atoms with E-state index < -0.39 is 0 Å². The number of methoxy groups -OCH3 is 1. The first-order valence-electron chi connectivity index (χ1n) is 10.1. The Kier molecular flexibility index (Phi) is 4.39. The van der Waals surface area contributed by atoms with Crippen molar-refractivity contribution in [2.75, 3.05) is 24.3 Å². The van der Waals surface area contributed by atoms with Crippen LogP contribution >= 0.6 is 11.8 Å². The molecule has 2 aliphatic heterocycles. The van der Waals surface area contributed by atoms with Crippen LogP contribution in [0.5, 0.6) is 5.75 Å². The van der Waals surface area contributed by atoms with E-state index in [-0.39, 0.29) is 0 Å². The van der Waals surface area contributed by atoms with Gasteiger partial charge in [0.1, 0.15) is 5.75 Å². The van der Waals surface area contributed by atoms with E-state index in [2.05, 4.69) is 28.1 Å². The monoisotopic (exact) mass is 368 g/mol. The molecule has 26 heavy (non-hydrogen) atoms. The summed E-state index contributed by atoms with van der Waals surface area (Å²) in [6.45, 7) is 2.07. The minimum absolute atomic E-state index is 0.759. The van der Waals surface area contributed by atoms with Crippen molar-refractivity contribution >= 4 is 17.4 Å². The lowest BCUT2D eigenvalue weighted by atomic mass is 9.87. The first-order chi connectivity index (χ1) is 12.8. The number of anilines is 1. The van der Waals surface area contributed by atoms with Crippen molar-refractivity contribution < 1.29 is 4.74 Å². The second kappa shape index (κ2) is 6.88. The molecule has 5 rings (SSSR count). The summed E-state index contributed by atoms with van der Waals surface area (Å²) in [5, 5.41) is 0. The Bertz CT molecular complexity index is 807. The van der Waals surface area contributed by atoms with E-state index in [1.54, 1.807) is 7.11 Å². The molecule has 1 aromatic carbocycles. The van der Waals surface area contributed by atoms with E-state index in [1.165, 1.54) is 77.4 Å². The molecule has 3 aliphatic rings. The maximum absolute atomic E-state index is 5.75. The normalized spacial score (nSPS) is 20.1. The highest BCUT2D eigenvalue weighted by atomic mass is 32.2. The van der Waals surface area contributed by atoms with Crippen molar-refractivity contribution in [1.29, 1.82) is 0 Å². The van der Waals surface area contributed by atoms with Crippen LogP contribution in [0.15, 0.2) is 23.1 Å². The standard InChI is InChI=1S/C22H28N2OS/c1-25-21-13-22-16(8-10-26-22)12-20(21)24-9-7-18-17(14-24)11-19(23-18)15-5-3-2-4-6-15/h11-13,15,23H,2-10,14H2,1H3. The summed E-state index contributed by atoms with van der Waals surface area (Å²) in [5.74, 6) is 2.99. The number of thioether (sulfide) groups is 1. The highest BCUT2D eigenvalue weighted by Gasteiger charge is 2.26. The van der Waals surface area contributed by atoms with E-state index in [4.69, 9.17) is 4.74 Å². The van der Waals surface area contributed by atoms with Crippen LogP contribution in [0.3, 0.4) is 0 Å². The summed E-state index contributed by atoms with van der Waals surface area (Å²) in [6.07, 6.45) is 9.22. The van der Waals surface area contributed by atoms with Crippen LogP contribution in [0, 0.1) is 0 Å². The summed E-state index contributed by atoms with van der Waals surface area (Å²) in [6, 6.07) is 7.10. The topological polar surface area (TPSA) is 28.3 Å². The van der Waals surface area contributed by atoms with E-state index in [0.29, 0.717) is 0 Å². The molecular weight excluding hydrogens is 340 g/mol. The van der Waals surface area contributed by atoms with Crippen molar-refractivity contribution in [2.45, 2.75) is 62.3 Å². The summed E-state index contributed by atoms with van der Waals surface area (Å²) in [4.78, 5) is 7.71. The number of nitrogens with one attached hydrogen (secondary N) is 1. The zero-order valence-corrected chi connectivity index (χ0v) is 16.5. The fourth-order valence-corrected chi connectivity index (χ4v) is 5.98. The van der Waals surface area contributed by atoms with Crippen LogP contribution < -0.4 is 9.64 Å². The molecule has 0 saturated heterocycles. The van der Waals surface area contributed by atoms with Gasteiger partial charge in [0.15, 0.2) is 0 Å². The Morgan fingerprint density at radius 3 is 2.81 bits per heavy atom. The molecule has 0 radical (unpaired) electrons. The van der Waals surface area contributed by atoms with E-state index in [9.17, 15) is 0 Å². The number of hydrogen-bond acceptors (Lipinski definition) is 3. The average Bonchev–Trinajstić information content (AvgIpc) is 3.33. The van der Waals surface area contributed by atoms with Gasteiger partial charge in [0.05, 0.1) is 12.8 Å². The molecule has 138 valence electrons. The Morgan fingerprint density at radius 1 is 1.08 bits per heavy atom. The predicted octanol–water partition coefficient (Wildman–Crippen LogP) is 5.28. The highest BCUT2D eigenvalue weighted by Crippen LogP contribution is 2.42. The molecule has 0 bridgehead atoms. The lowest BCUT2D eigenvalue weighted by molar-refractivity contribution is 0.412. The third-order valence-electron chi connectivity index (χ3n) is 6.38. The van der Waals surface area contributed by atoms with Gasteiger partial charge in [-0.05, 0) is 54.5 Å². The molecule has 3 nitrogen and oxygen atoms in total. The smallest absolute Gasteiger partial charge is 0.143 e. The summed E-state index contributed by atoms with van der Waals surface area (Å²) in [5.41, 5.74) is 7.23. The molecule has 0 unspecified atom stereocenters. The Morgan fingerprint density at radius 2 is 1.96 bits per heavy atom. The largest absolute Gasteiger partial charge is 0.495 e. The Balaban J connectivity index is 1.41. The van der Waals surface area contributed by atoms with Crippen molar-refractivity contribution in [3.8, 4) is 5.75 Å². The van der Waals surface area contributed by atoms with Gasteiger partial charge in [0.2, 0.25) is 0 Å². The third kappa shape index (κ3) is 2.92. The van der Waals surface area contributed by atoms with Gasteiger partial charge in [-0.25, -0.2) is 0 Å². The summed E-state index contributed by atoms with van der Waals surface area (Å²) in [7, 11) is 1.80. The van der Waals surface area contributed by atoms with Gasteiger partial charge < -0.3 is 14.6 Å². The van der Waals surface area contributed by atoms with Gasteiger partial charge in [0, 0.05) is 41.5 Å². The van der Waals surface area contributed by atoms with E-state index in [0.717, 1.165) is 31.2 Å². The molecule has 4 heteroatoms. The first kappa shape index (κ1) is 16.6. The first-order valence-corrected chi connectivity index (χ1v) is 11.1. The number of hydrogen-bond donors (Lipinski definition) is 1. The van der Waals surface area contributed by atoms with Crippen LogP contribution in [0.4, 0.5) is 5.69 Å². The molecule has 0 amide bonds. The van der Waals surface area contributed by atoms with Crippen LogP contribution in [0.1, 0.15) is 60.5 Å². The van der Waals surface area contributed by atoms with Gasteiger partial charge in [-0.1, -0.05) is 19.3 Å². The van der Waals surface area contributed by atoms with Crippen LogP contribution in [-0.2, 0) is 19.4 Å². The summed E-state index contributed by atoms with van der Waals surface area (Å²) < 4.78 is 5.75. The van der Waals surface area contributed by atoms with Crippen LogP contribution in [-0.4, -0.2) is 24.4 Å². The number of aromatic amines is 1. The second-order valence-electron chi connectivity index (χ2n) is 7.97. The molecule has 0 spiro atoms. The van der Waals surface area contributed by atoms with Gasteiger partial charge in [-0.3, -0.25) is 0 Å². The van der Waals surface area contributed by atoms with Crippen molar-refractivity contribution in [1.82, 2.24) is 4.98 Å². The number of aryl methyl sites for hydroxylation is 1. The van der Waals surface area contributed by atoms with Gasteiger partial charge in [-0.15, -0.1) is 11.8 Å². The molecule has 1 fully saturated rings. The number of aromatic nitrogens is 1. The van der Waals surface area contributed by atoms with Crippen LogP contribution in [0.25, 0.3) is 0 Å². The van der Waals surface area contributed by atoms with Gasteiger partial charge in [0.25, 0.3) is 0 Å². The molecule has 0 atom stereocenters. The predicted molar refractivity (Wildman–Crippen MR) is 109 cm³/mol. The zero-order chi connectivity index (χ0) is 17.5. The number of fused-ring (bicyclic) bond motifs is 2. The molecule has 1 N–H and O–H groups in total. The van der Waals surface area contributed by atoms with E-state index >= 15 is 0 Å². The molecule has 2 aromatic rings. The lowest BCUT2D eigenvalue weighted by Gasteiger charge is -2.30. The Labute approximate surface area is 160 Å². The maximum Gasteiger partial charge on any atom is 0.143 e. The molecule has 3 heterocycles. The molecule has 1 saturated carbocycles. The zero-order valence-electron chi connectivity index (χ0n) is 15.6.